The zero-order valence-electron chi connectivity index (χ0n) is 13.4. The van der Waals surface area contributed by atoms with Crippen LogP contribution < -0.4 is 5.32 Å². The third-order valence-corrected chi connectivity index (χ3v) is 3.80. The first kappa shape index (κ1) is 16.2. The van der Waals surface area contributed by atoms with Gasteiger partial charge < -0.3 is 10.4 Å². The normalized spacial score (nSPS) is 10.7. The number of hydrogen-bond acceptors (Lipinski definition) is 3. The number of nitrogens with one attached hydrogen (secondary N) is 1. The number of amides is 1. The Bertz CT molecular complexity index is 662. The van der Waals surface area contributed by atoms with Crippen LogP contribution >= 0.6 is 0 Å². The molecule has 1 aromatic carbocycles. The Kier molecular flexibility index (Phi) is 5.33. The molecule has 2 rings (SSSR count). The second-order valence-corrected chi connectivity index (χ2v) is 5.48. The Morgan fingerprint density at radius 1 is 1.36 bits per heavy atom. The van der Waals surface area contributed by atoms with Crippen LogP contribution in [0.5, 0.6) is 0 Å². The second kappa shape index (κ2) is 7.22. The molecule has 1 aromatic heterocycles. The molecule has 0 bridgehead atoms. The van der Waals surface area contributed by atoms with Crippen molar-refractivity contribution in [2.75, 3.05) is 5.32 Å². The minimum Gasteiger partial charge on any atom is -0.392 e. The summed E-state index contributed by atoms with van der Waals surface area (Å²) < 4.78 is 1.87. The van der Waals surface area contributed by atoms with Gasteiger partial charge in [-0.25, -0.2) is 0 Å². The van der Waals surface area contributed by atoms with Gasteiger partial charge in [0.05, 0.1) is 18.4 Å². The van der Waals surface area contributed by atoms with Crippen LogP contribution in [0.25, 0.3) is 0 Å². The van der Waals surface area contributed by atoms with Gasteiger partial charge in [-0.2, -0.15) is 5.10 Å². The van der Waals surface area contributed by atoms with Crippen LogP contribution in [0, 0.1) is 13.8 Å². The Hall–Kier alpha value is -2.14. The van der Waals surface area contributed by atoms with Crippen LogP contribution in [-0.4, -0.2) is 20.8 Å². The summed E-state index contributed by atoms with van der Waals surface area (Å²) in [5, 5.41) is 16.4. The maximum Gasteiger partial charge on any atom is 0.259 e. The number of aromatic nitrogens is 2. The van der Waals surface area contributed by atoms with Crippen molar-refractivity contribution in [3.05, 3.63) is 46.8 Å². The molecule has 22 heavy (non-hydrogen) atoms. The molecule has 5 heteroatoms. The van der Waals surface area contributed by atoms with Crippen molar-refractivity contribution in [2.24, 2.45) is 0 Å². The monoisotopic (exact) mass is 301 g/mol. The van der Waals surface area contributed by atoms with E-state index in [2.05, 4.69) is 17.3 Å². The first-order valence-corrected chi connectivity index (χ1v) is 7.61. The molecule has 2 N–H and O–H groups in total. The number of unbranched alkanes of at least 4 members (excludes halogenated alkanes) is 1. The number of benzene rings is 1. The van der Waals surface area contributed by atoms with Gasteiger partial charge in [0.15, 0.2) is 0 Å². The summed E-state index contributed by atoms with van der Waals surface area (Å²) in [5.74, 6) is -0.168. The number of hydrogen-bond donors (Lipinski definition) is 2. The predicted octanol–water partition coefficient (Wildman–Crippen LogP) is 3.04. The van der Waals surface area contributed by atoms with E-state index in [9.17, 15) is 9.90 Å². The molecule has 0 saturated heterocycles. The Balaban J connectivity index is 2.17. The topological polar surface area (TPSA) is 67.2 Å². The fourth-order valence-corrected chi connectivity index (χ4v) is 2.29. The summed E-state index contributed by atoms with van der Waals surface area (Å²) in [6.07, 6.45) is 3.75. The number of nitrogens with zero attached hydrogens (tertiary/aromatic N) is 2. The SMILES string of the molecule is CCCCn1ncc(C(=O)Nc2cc(CO)ccc2C)c1C. The number of carbonyl (C=O) groups excluding carboxylic acids is 1. The van der Waals surface area contributed by atoms with Crippen LogP contribution in [-0.2, 0) is 13.2 Å². The van der Waals surface area contributed by atoms with E-state index in [1.807, 2.05) is 30.7 Å². The molecule has 1 amide bonds. The van der Waals surface area contributed by atoms with Gasteiger partial charge in [-0.05, 0) is 37.5 Å². The summed E-state index contributed by atoms with van der Waals surface area (Å²) >= 11 is 0. The molecule has 0 aliphatic carbocycles. The van der Waals surface area contributed by atoms with Crippen LogP contribution in [0.1, 0.15) is 46.9 Å². The number of anilines is 1. The summed E-state index contributed by atoms with van der Waals surface area (Å²) in [4.78, 5) is 12.4. The Morgan fingerprint density at radius 2 is 2.14 bits per heavy atom. The van der Waals surface area contributed by atoms with Crippen LogP contribution in [0.15, 0.2) is 24.4 Å². The van der Waals surface area contributed by atoms with Crippen LogP contribution in [0.4, 0.5) is 5.69 Å². The van der Waals surface area contributed by atoms with E-state index in [1.165, 1.54) is 0 Å². The molecular weight excluding hydrogens is 278 g/mol. The summed E-state index contributed by atoms with van der Waals surface area (Å²) in [6, 6.07) is 5.53. The van der Waals surface area contributed by atoms with E-state index in [-0.39, 0.29) is 12.5 Å². The molecule has 1 heterocycles. The van der Waals surface area contributed by atoms with Gasteiger partial charge in [-0.1, -0.05) is 25.5 Å². The predicted molar refractivity (Wildman–Crippen MR) is 86.9 cm³/mol. The Morgan fingerprint density at radius 3 is 2.82 bits per heavy atom. The zero-order valence-corrected chi connectivity index (χ0v) is 13.4. The molecule has 0 unspecified atom stereocenters. The van der Waals surface area contributed by atoms with Crippen molar-refractivity contribution in [1.29, 1.82) is 0 Å². The average Bonchev–Trinajstić information content (AvgIpc) is 2.88. The smallest absolute Gasteiger partial charge is 0.259 e. The van der Waals surface area contributed by atoms with Gasteiger partial charge in [-0.3, -0.25) is 9.48 Å². The molecule has 0 saturated carbocycles. The fraction of sp³-hybridized carbons (Fsp3) is 0.412. The summed E-state index contributed by atoms with van der Waals surface area (Å²) in [6.45, 7) is 6.75. The zero-order chi connectivity index (χ0) is 16.1. The van der Waals surface area contributed by atoms with Gasteiger partial charge >= 0.3 is 0 Å². The minimum absolute atomic E-state index is 0.0445. The Labute approximate surface area is 131 Å². The molecule has 0 fully saturated rings. The number of aliphatic hydroxyl groups is 1. The molecule has 0 aliphatic heterocycles. The highest BCUT2D eigenvalue weighted by Gasteiger charge is 2.15. The van der Waals surface area contributed by atoms with E-state index in [0.717, 1.165) is 41.9 Å². The number of aryl methyl sites for hydroxylation is 2. The van der Waals surface area contributed by atoms with Gasteiger partial charge in [0, 0.05) is 17.9 Å². The number of aliphatic hydroxyl groups excluding tert-OH is 1. The van der Waals surface area contributed by atoms with E-state index < -0.39 is 0 Å². The largest absolute Gasteiger partial charge is 0.392 e. The highest BCUT2D eigenvalue weighted by atomic mass is 16.3. The maximum absolute atomic E-state index is 12.4. The van der Waals surface area contributed by atoms with E-state index in [1.54, 1.807) is 12.3 Å². The lowest BCUT2D eigenvalue weighted by Crippen LogP contribution is -2.14. The molecule has 2 aromatic rings. The molecule has 0 radical (unpaired) electrons. The van der Waals surface area contributed by atoms with Crippen molar-refractivity contribution < 1.29 is 9.90 Å². The van der Waals surface area contributed by atoms with Crippen molar-refractivity contribution >= 4 is 11.6 Å². The molecule has 0 atom stereocenters. The fourth-order valence-electron chi connectivity index (χ4n) is 2.29. The average molecular weight is 301 g/mol. The van der Waals surface area contributed by atoms with Crippen molar-refractivity contribution in [3.63, 3.8) is 0 Å². The summed E-state index contributed by atoms with van der Waals surface area (Å²) in [7, 11) is 0. The lowest BCUT2D eigenvalue weighted by atomic mass is 10.1. The lowest BCUT2D eigenvalue weighted by molar-refractivity contribution is 0.102. The third kappa shape index (κ3) is 3.54. The maximum atomic E-state index is 12.4. The highest BCUT2D eigenvalue weighted by molar-refractivity contribution is 6.05. The van der Waals surface area contributed by atoms with E-state index in [0.29, 0.717) is 5.56 Å². The van der Waals surface area contributed by atoms with Crippen molar-refractivity contribution in [2.45, 2.75) is 46.8 Å². The standard InChI is InChI=1S/C17H23N3O2/c1-4-5-8-20-13(3)15(10-18-20)17(22)19-16-9-14(11-21)7-6-12(16)2/h6-7,9-10,21H,4-5,8,11H2,1-3H3,(H,19,22). The molecule has 118 valence electrons. The van der Waals surface area contributed by atoms with Gasteiger partial charge in [0.2, 0.25) is 0 Å². The van der Waals surface area contributed by atoms with Gasteiger partial charge in [-0.15, -0.1) is 0 Å². The first-order chi connectivity index (χ1) is 10.6. The van der Waals surface area contributed by atoms with Gasteiger partial charge in [0.25, 0.3) is 5.91 Å². The van der Waals surface area contributed by atoms with Crippen LogP contribution in [0.2, 0.25) is 0 Å². The quantitative estimate of drug-likeness (QED) is 0.861. The number of carbonyl (C=O) groups is 1. The lowest BCUT2D eigenvalue weighted by Gasteiger charge is -2.10. The molecule has 0 spiro atoms. The summed E-state index contributed by atoms with van der Waals surface area (Å²) in [5.41, 5.74) is 3.92. The van der Waals surface area contributed by atoms with E-state index in [4.69, 9.17) is 0 Å². The van der Waals surface area contributed by atoms with Crippen molar-refractivity contribution in [1.82, 2.24) is 9.78 Å². The molecule has 5 nitrogen and oxygen atoms in total. The third-order valence-electron chi connectivity index (χ3n) is 3.80. The van der Waals surface area contributed by atoms with Crippen LogP contribution in [0.3, 0.4) is 0 Å². The van der Waals surface area contributed by atoms with Crippen molar-refractivity contribution in [3.8, 4) is 0 Å². The minimum atomic E-state index is -0.168. The molecular formula is C17H23N3O2. The number of rotatable bonds is 6. The van der Waals surface area contributed by atoms with E-state index >= 15 is 0 Å². The second-order valence-electron chi connectivity index (χ2n) is 5.48. The van der Waals surface area contributed by atoms with Gasteiger partial charge in [0.1, 0.15) is 0 Å². The highest BCUT2D eigenvalue weighted by Crippen LogP contribution is 2.19. The molecule has 0 aliphatic rings. The first-order valence-electron chi connectivity index (χ1n) is 7.61.